The van der Waals surface area contributed by atoms with Gasteiger partial charge in [0.25, 0.3) is 0 Å². The molecule has 32 heavy (non-hydrogen) atoms. The van der Waals surface area contributed by atoms with Crippen LogP contribution in [0.5, 0.6) is 0 Å². The molecule has 0 bridgehead atoms. The summed E-state index contributed by atoms with van der Waals surface area (Å²) in [4.78, 5) is 7.34. The minimum atomic E-state index is 0. The molecule has 2 heterocycles. The number of rotatable bonds is 11. The second kappa shape index (κ2) is 15.3. The van der Waals surface area contributed by atoms with Crippen molar-refractivity contribution in [3.05, 3.63) is 59.5 Å². The monoisotopic (exact) mass is 554 g/mol. The van der Waals surface area contributed by atoms with Gasteiger partial charge in [0, 0.05) is 58.4 Å². The lowest BCUT2D eigenvalue weighted by atomic mass is 10.0. The zero-order valence-electron chi connectivity index (χ0n) is 19.5. The molecule has 1 aromatic carbocycles. The fourth-order valence-electron chi connectivity index (χ4n) is 3.87. The molecule has 0 amide bonds. The predicted molar refractivity (Wildman–Crippen MR) is 142 cm³/mol. The van der Waals surface area contributed by atoms with Crippen molar-refractivity contribution in [2.75, 3.05) is 39.4 Å². The highest BCUT2D eigenvalue weighted by molar-refractivity contribution is 14.0. The topological polar surface area (TPSA) is 62.0 Å². The quantitative estimate of drug-likeness (QED) is 0.187. The first-order valence-corrected chi connectivity index (χ1v) is 11.7. The lowest BCUT2D eigenvalue weighted by Gasteiger charge is -2.33. The molecular weight excluding hydrogens is 515 g/mol. The Hall–Kier alpha value is -1.58. The predicted octanol–water partition coefficient (Wildman–Crippen LogP) is 4.37. The molecule has 7 heteroatoms. The van der Waals surface area contributed by atoms with Gasteiger partial charge in [0.2, 0.25) is 0 Å². The van der Waals surface area contributed by atoms with Crippen LogP contribution < -0.4 is 10.6 Å². The summed E-state index contributed by atoms with van der Waals surface area (Å²) in [6, 6.07) is 13.1. The van der Waals surface area contributed by atoms with Gasteiger partial charge in [0.15, 0.2) is 5.96 Å². The maximum absolute atomic E-state index is 5.44. The van der Waals surface area contributed by atoms with Gasteiger partial charge in [0.1, 0.15) is 5.76 Å². The van der Waals surface area contributed by atoms with Gasteiger partial charge in [-0.1, -0.05) is 24.3 Å². The number of aliphatic imine (C=N–C) groups is 1. The third-order valence-electron chi connectivity index (χ3n) is 5.75. The van der Waals surface area contributed by atoms with E-state index in [0.717, 1.165) is 83.3 Å². The molecule has 2 N–H and O–H groups in total. The molecule has 0 saturated carbocycles. The zero-order chi connectivity index (χ0) is 21.7. The van der Waals surface area contributed by atoms with Crippen LogP contribution in [0.2, 0.25) is 0 Å². The van der Waals surface area contributed by atoms with E-state index in [-0.39, 0.29) is 24.0 Å². The highest BCUT2D eigenvalue weighted by Gasteiger charge is 2.20. The fraction of sp³-hybridized carbons (Fsp3) is 0.560. The highest BCUT2D eigenvalue weighted by Crippen LogP contribution is 2.16. The molecule has 3 rings (SSSR count). The van der Waals surface area contributed by atoms with Gasteiger partial charge in [-0.3, -0.25) is 9.89 Å². The largest absolute Gasteiger partial charge is 0.469 e. The van der Waals surface area contributed by atoms with Crippen LogP contribution in [-0.4, -0.2) is 56.3 Å². The van der Waals surface area contributed by atoms with Crippen molar-refractivity contribution in [3.63, 3.8) is 0 Å². The Labute approximate surface area is 210 Å². The number of nitrogens with zero attached hydrogens (tertiary/aromatic N) is 2. The highest BCUT2D eigenvalue weighted by atomic mass is 127. The van der Waals surface area contributed by atoms with Crippen LogP contribution in [0.3, 0.4) is 0 Å². The SMILES string of the molecule is CCOCCCN=C(NCCc1ccco1)NC1CCN(Cc2ccccc2C)CC1.I. The Kier molecular flexibility index (Phi) is 12.7. The van der Waals surface area contributed by atoms with Crippen molar-refractivity contribution in [1.29, 1.82) is 0 Å². The third-order valence-corrected chi connectivity index (χ3v) is 5.75. The minimum Gasteiger partial charge on any atom is -0.469 e. The molecule has 1 saturated heterocycles. The Balaban J connectivity index is 0.00000363. The number of halogens is 1. The molecule has 1 aliphatic heterocycles. The van der Waals surface area contributed by atoms with E-state index in [1.165, 1.54) is 11.1 Å². The smallest absolute Gasteiger partial charge is 0.191 e. The second-order valence-corrected chi connectivity index (χ2v) is 8.16. The van der Waals surface area contributed by atoms with Gasteiger partial charge >= 0.3 is 0 Å². The lowest BCUT2D eigenvalue weighted by Crippen LogP contribution is -2.49. The number of aryl methyl sites for hydroxylation is 1. The molecule has 178 valence electrons. The lowest BCUT2D eigenvalue weighted by molar-refractivity contribution is 0.146. The number of furan rings is 1. The zero-order valence-corrected chi connectivity index (χ0v) is 21.8. The first-order chi connectivity index (χ1) is 15.2. The van der Waals surface area contributed by atoms with Crippen molar-refractivity contribution in [1.82, 2.24) is 15.5 Å². The number of ether oxygens (including phenoxy) is 1. The van der Waals surface area contributed by atoms with Gasteiger partial charge < -0.3 is 19.8 Å². The van der Waals surface area contributed by atoms with Crippen LogP contribution in [0.15, 0.2) is 52.1 Å². The average Bonchev–Trinajstić information content (AvgIpc) is 3.30. The van der Waals surface area contributed by atoms with Crippen LogP contribution >= 0.6 is 24.0 Å². The molecule has 0 unspecified atom stereocenters. The molecule has 1 aromatic heterocycles. The molecule has 1 aliphatic rings. The molecule has 0 radical (unpaired) electrons. The molecule has 1 fully saturated rings. The average molecular weight is 555 g/mol. The van der Waals surface area contributed by atoms with E-state index in [4.69, 9.17) is 14.1 Å². The van der Waals surface area contributed by atoms with E-state index < -0.39 is 0 Å². The van der Waals surface area contributed by atoms with Crippen molar-refractivity contribution in [2.45, 2.75) is 52.1 Å². The Morgan fingerprint density at radius 3 is 2.72 bits per heavy atom. The maximum atomic E-state index is 5.44. The van der Waals surface area contributed by atoms with E-state index in [2.05, 4.69) is 46.7 Å². The first-order valence-electron chi connectivity index (χ1n) is 11.7. The normalized spacial score (nSPS) is 15.4. The number of piperidine rings is 1. The van der Waals surface area contributed by atoms with Crippen molar-refractivity contribution in [2.24, 2.45) is 4.99 Å². The summed E-state index contributed by atoms with van der Waals surface area (Å²) in [5.41, 5.74) is 2.81. The fourth-order valence-corrected chi connectivity index (χ4v) is 3.87. The number of hydrogen-bond donors (Lipinski definition) is 2. The van der Waals surface area contributed by atoms with Crippen LogP contribution in [0.4, 0.5) is 0 Å². The van der Waals surface area contributed by atoms with Gasteiger partial charge in [-0.05, 0) is 56.4 Å². The standard InChI is InChI=1S/C25H38N4O2.HI/c1-3-30-18-7-14-26-25(27-15-11-24-10-6-19-31-24)28-23-12-16-29(17-13-23)20-22-9-5-4-8-21(22)2;/h4-6,8-10,19,23H,3,7,11-18,20H2,1-2H3,(H2,26,27,28);1H. The van der Waals surface area contributed by atoms with Crippen LogP contribution in [0.25, 0.3) is 0 Å². The number of hydrogen-bond acceptors (Lipinski definition) is 4. The molecular formula is C25H39IN4O2. The molecule has 0 aliphatic carbocycles. The van der Waals surface area contributed by atoms with Crippen LogP contribution in [-0.2, 0) is 17.7 Å². The van der Waals surface area contributed by atoms with E-state index in [9.17, 15) is 0 Å². The Morgan fingerprint density at radius 2 is 2.00 bits per heavy atom. The second-order valence-electron chi connectivity index (χ2n) is 8.16. The summed E-state index contributed by atoms with van der Waals surface area (Å²) in [5.74, 6) is 1.90. The summed E-state index contributed by atoms with van der Waals surface area (Å²) in [6.07, 6.45) is 5.77. The van der Waals surface area contributed by atoms with E-state index >= 15 is 0 Å². The van der Waals surface area contributed by atoms with Gasteiger partial charge in [-0.25, -0.2) is 0 Å². The maximum Gasteiger partial charge on any atom is 0.191 e. The summed E-state index contributed by atoms with van der Waals surface area (Å²) in [6.45, 7) is 10.6. The van der Waals surface area contributed by atoms with Crippen LogP contribution in [0.1, 0.15) is 43.1 Å². The van der Waals surface area contributed by atoms with Crippen LogP contribution in [0, 0.1) is 6.92 Å². The molecule has 6 nitrogen and oxygen atoms in total. The van der Waals surface area contributed by atoms with E-state index in [1.54, 1.807) is 6.26 Å². The molecule has 0 spiro atoms. The number of benzene rings is 1. The molecule has 0 atom stereocenters. The number of nitrogens with one attached hydrogen (secondary N) is 2. The summed E-state index contributed by atoms with van der Waals surface area (Å²) >= 11 is 0. The summed E-state index contributed by atoms with van der Waals surface area (Å²) in [5, 5.41) is 7.14. The van der Waals surface area contributed by atoms with Crippen molar-refractivity contribution >= 4 is 29.9 Å². The number of likely N-dealkylation sites (tertiary alicyclic amines) is 1. The minimum absolute atomic E-state index is 0. The van der Waals surface area contributed by atoms with Gasteiger partial charge in [0.05, 0.1) is 6.26 Å². The Morgan fingerprint density at radius 1 is 1.19 bits per heavy atom. The number of guanidine groups is 1. The van der Waals surface area contributed by atoms with Crippen molar-refractivity contribution < 1.29 is 9.15 Å². The first kappa shape index (κ1) is 26.7. The van der Waals surface area contributed by atoms with Gasteiger partial charge in [-0.15, -0.1) is 24.0 Å². The van der Waals surface area contributed by atoms with E-state index in [1.807, 2.05) is 19.1 Å². The third kappa shape index (κ3) is 9.50. The van der Waals surface area contributed by atoms with Crippen molar-refractivity contribution in [3.8, 4) is 0 Å². The van der Waals surface area contributed by atoms with Gasteiger partial charge in [-0.2, -0.15) is 0 Å². The Bertz CT molecular complexity index is 774. The van der Waals surface area contributed by atoms with E-state index in [0.29, 0.717) is 6.04 Å². The summed E-state index contributed by atoms with van der Waals surface area (Å²) < 4.78 is 10.9. The molecule has 2 aromatic rings. The summed E-state index contributed by atoms with van der Waals surface area (Å²) in [7, 11) is 0.